The number of aromatic nitrogens is 2. The van der Waals surface area contributed by atoms with Crippen molar-refractivity contribution in [1.29, 1.82) is 0 Å². The van der Waals surface area contributed by atoms with Crippen LogP contribution >= 0.6 is 0 Å². The zero-order valence-electron chi connectivity index (χ0n) is 11.7. The van der Waals surface area contributed by atoms with Crippen molar-refractivity contribution in [3.63, 3.8) is 0 Å². The van der Waals surface area contributed by atoms with Crippen molar-refractivity contribution in [2.75, 3.05) is 5.73 Å². The van der Waals surface area contributed by atoms with E-state index in [2.05, 4.69) is 45.8 Å². The Morgan fingerprint density at radius 3 is 2.41 bits per heavy atom. The summed E-state index contributed by atoms with van der Waals surface area (Å²) in [5.41, 5.74) is 7.21. The van der Waals surface area contributed by atoms with Crippen LogP contribution in [-0.4, -0.2) is 9.55 Å². The number of nitrogens with two attached hydrogens (primary N) is 1. The van der Waals surface area contributed by atoms with Crippen LogP contribution < -0.4 is 5.73 Å². The summed E-state index contributed by atoms with van der Waals surface area (Å²) in [5.74, 6) is 2.41. The van der Waals surface area contributed by atoms with Gasteiger partial charge in [-0.25, -0.2) is 4.98 Å². The molecule has 0 atom stereocenters. The number of hydrogen-bond acceptors (Lipinski definition) is 2. The van der Waals surface area contributed by atoms with E-state index in [9.17, 15) is 0 Å². The molecule has 0 fully saturated rings. The number of hydrogen-bond donors (Lipinski definition) is 1. The first-order chi connectivity index (χ1) is 7.77. The van der Waals surface area contributed by atoms with Crippen LogP contribution in [0.2, 0.25) is 0 Å². The minimum Gasteiger partial charge on any atom is -0.384 e. The summed E-state index contributed by atoms with van der Waals surface area (Å²) in [6.07, 6.45) is 2.80. The van der Waals surface area contributed by atoms with Crippen LogP contribution in [0, 0.1) is 5.92 Å². The first kappa shape index (κ1) is 13.8. The normalized spacial score (nSPS) is 12.1. The fourth-order valence-electron chi connectivity index (χ4n) is 1.94. The lowest BCUT2D eigenvalue weighted by Crippen LogP contribution is -2.19. The number of rotatable bonds is 4. The van der Waals surface area contributed by atoms with E-state index < -0.39 is 0 Å². The van der Waals surface area contributed by atoms with Crippen molar-refractivity contribution in [2.45, 2.75) is 53.0 Å². The Morgan fingerprint density at radius 1 is 1.41 bits per heavy atom. The van der Waals surface area contributed by atoms with Crippen molar-refractivity contribution in [3.8, 4) is 0 Å². The smallest absolute Gasteiger partial charge is 0.127 e. The van der Waals surface area contributed by atoms with Gasteiger partial charge in [0.15, 0.2) is 0 Å². The van der Waals surface area contributed by atoms with Gasteiger partial charge in [0.2, 0.25) is 0 Å². The number of nitrogens with zero attached hydrogens (tertiary/aromatic N) is 2. The molecule has 96 valence electrons. The molecule has 1 aromatic heterocycles. The molecule has 1 rings (SSSR count). The van der Waals surface area contributed by atoms with Gasteiger partial charge in [0.05, 0.1) is 5.69 Å². The number of allylic oxidation sites excluding steroid dienone is 1. The lowest BCUT2D eigenvalue weighted by Gasteiger charge is -2.19. The average Bonchev–Trinajstić information content (AvgIpc) is 2.45. The molecule has 2 N–H and O–H groups in total. The number of imidazole rings is 1. The highest BCUT2D eigenvalue weighted by atomic mass is 15.1. The quantitative estimate of drug-likeness (QED) is 0.815. The minimum absolute atomic E-state index is 0.00631. The Morgan fingerprint density at radius 2 is 2.00 bits per heavy atom. The molecule has 0 saturated carbocycles. The predicted molar refractivity (Wildman–Crippen MR) is 74.1 cm³/mol. The SMILES string of the molecule is C=CCn1c(C(C)(C)C)nc(CC(C)C)c1N. The van der Waals surface area contributed by atoms with Gasteiger partial charge in [-0.05, 0) is 12.3 Å². The van der Waals surface area contributed by atoms with Gasteiger partial charge in [0, 0.05) is 12.0 Å². The summed E-state index contributed by atoms with van der Waals surface area (Å²) in [6, 6.07) is 0. The van der Waals surface area contributed by atoms with Gasteiger partial charge in [-0.1, -0.05) is 40.7 Å². The molecule has 3 heteroatoms. The first-order valence-electron chi connectivity index (χ1n) is 6.23. The maximum Gasteiger partial charge on any atom is 0.127 e. The first-order valence-corrected chi connectivity index (χ1v) is 6.23. The summed E-state index contributed by atoms with van der Waals surface area (Å²) < 4.78 is 2.07. The fourth-order valence-corrected chi connectivity index (χ4v) is 1.94. The molecule has 0 amide bonds. The molecule has 0 unspecified atom stereocenters. The van der Waals surface area contributed by atoms with Crippen LogP contribution in [-0.2, 0) is 18.4 Å². The summed E-state index contributed by atoms with van der Waals surface area (Å²) >= 11 is 0. The van der Waals surface area contributed by atoms with Gasteiger partial charge in [0.25, 0.3) is 0 Å². The summed E-state index contributed by atoms with van der Waals surface area (Å²) in [4.78, 5) is 4.73. The lowest BCUT2D eigenvalue weighted by atomic mass is 9.95. The van der Waals surface area contributed by atoms with Crippen LogP contribution in [0.5, 0.6) is 0 Å². The van der Waals surface area contributed by atoms with E-state index in [0.29, 0.717) is 5.92 Å². The molecule has 0 bridgehead atoms. The minimum atomic E-state index is 0.00631. The molecule has 3 nitrogen and oxygen atoms in total. The predicted octanol–water partition coefficient (Wildman–Crippen LogP) is 3.15. The Bertz CT molecular complexity index is 394. The van der Waals surface area contributed by atoms with E-state index in [0.717, 1.165) is 30.3 Å². The third kappa shape index (κ3) is 3.11. The van der Waals surface area contributed by atoms with Gasteiger partial charge in [0.1, 0.15) is 11.6 Å². The van der Waals surface area contributed by atoms with Crippen molar-refractivity contribution >= 4 is 5.82 Å². The molecule has 0 aliphatic heterocycles. The second kappa shape index (κ2) is 4.94. The highest BCUT2D eigenvalue weighted by molar-refractivity contribution is 5.40. The topological polar surface area (TPSA) is 43.8 Å². The Labute approximate surface area is 105 Å². The third-order valence-electron chi connectivity index (χ3n) is 2.67. The van der Waals surface area contributed by atoms with Crippen LogP contribution in [0.1, 0.15) is 46.1 Å². The zero-order valence-corrected chi connectivity index (χ0v) is 11.7. The highest BCUT2D eigenvalue weighted by Crippen LogP contribution is 2.27. The van der Waals surface area contributed by atoms with Gasteiger partial charge in [-0.15, -0.1) is 6.58 Å². The summed E-state index contributed by atoms with van der Waals surface area (Å²) in [7, 11) is 0. The fraction of sp³-hybridized carbons (Fsp3) is 0.643. The van der Waals surface area contributed by atoms with Crippen molar-refractivity contribution < 1.29 is 0 Å². The van der Waals surface area contributed by atoms with E-state index >= 15 is 0 Å². The molecule has 1 heterocycles. The monoisotopic (exact) mass is 235 g/mol. The summed E-state index contributed by atoms with van der Waals surface area (Å²) in [6.45, 7) is 15.4. The second-order valence-corrected chi connectivity index (χ2v) is 6.01. The molecule has 0 aliphatic carbocycles. The Kier molecular flexibility index (Phi) is 4.02. The highest BCUT2D eigenvalue weighted by Gasteiger charge is 2.24. The van der Waals surface area contributed by atoms with Gasteiger partial charge < -0.3 is 10.3 Å². The molecular formula is C14H25N3. The van der Waals surface area contributed by atoms with E-state index in [1.807, 2.05) is 6.08 Å². The zero-order chi connectivity index (χ0) is 13.2. The molecule has 0 aromatic carbocycles. The van der Waals surface area contributed by atoms with Gasteiger partial charge in [-0.2, -0.15) is 0 Å². The van der Waals surface area contributed by atoms with E-state index in [-0.39, 0.29) is 5.41 Å². The molecule has 0 saturated heterocycles. The molecule has 17 heavy (non-hydrogen) atoms. The molecular weight excluding hydrogens is 210 g/mol. The third-order valence-corrected chi connectivity index (χ3v) is 2.67. The van der Waals surface area contributed by atoms with Crippen LogP contribution in [0.3, 0.4) is 0 Å². The molecule has 0 radical (unpaired) electrons. The lowest BCUT2D eigenvalue weighted by molar-refractivity contribution is 0.514. The van der Waals surface area contributed by atoms with Crippen molar-refractivity contribution in [3.05, 3.63) is 24.2 Å². The van der Waals surface area contributed by atoms with Crippen molar-refractivity contribution in [2.24, 2.45) is 5.92 Å². The maximum atomic E-state index is 6.19. The molecule has 0 spiro atoms. The molecule has 0 aliphatic rings. The molecule has 1 aromatic rings. The number of nitrogen functional groups attached to an aromatic ring is 1. The van der Waals surface area contributed by atoms with Gasteiger partial charge in [-0.3, -0.25) is 0 Å². The van der Waals surface area contributed by atoms with E-state index in [1.165, 1.54) is 0 Å². The van der Waals surface area contributed by atoms with Crippen LogP contribution in [0.15, 0.2) is 12.7 Å². The average molecular weight is 235 g/mol. The van der Waals surface area contributed by atoms with Gasteiger partial charge >= 0.3 is 0 Å². The van der Waals surface area contributed by atoms with Crippen LogP contribution in [0.4, 0.5) is 5.82 Å². The Balaban J connectivity index is 3.24. The maximum absolute atomic E-state index is 6.19. The Hall–Kier alpha value is -1.25. The second-order valence-electron chi connectivity index (χ2n) is 6.01. The van der Waals surface area contributed by atoms with E-state index in [4.69, 9.17) is 10.7 Å². The standard InChI is InChI=1S/C14H25N3/c1-7-8-17-12(15)11(9-10(2)3)16-13(17)14(4,5)6/h7,10H,1,8-9,15H2,2-6H3. The van der Waals surface area contributed by atoms with E-state index in [1.54, 1.807) is 0 Å². The largest absolute Gasteiger partial charge is 0.384 e. The van der Waals surface area contributed by atoms with Crippen LogP contribution in [0.25, 0.3) is 0 Å². The number of anilines is 1. The van der Waals surface area contributed by atoms with Crippen molar-refractivity contribution in [1.82, 2.24) is 9.55 Å². The summed E-state index contributed by atoms with van der Waals surface area (Å²) in [5, 5.41) is 0.